The monoisotopic (exact) mass is 439 g/mol. The molecule has 2 aliphatic heterocycles. The molecule has 0 bridgehead atoms. The van der Waals surface area contributed by atoms with Crippen LogP contribution in [0.1, 0.15) is 36.6 Å². The van der Waals surface area contributed by atoms with E-state index < -0.39 is 6.04 Å². The van der Waals surface area contributed by atoms with Crippen molar-refractivity contribution in [1.29, 1.82) is 0 Å². The molecule has 1 atom stereocenters. The lowest BCUT2D eigenvalue weighted by molar-refractivity contribution is -0.128. The highest BCUT2D eigenvalue weighted by atomic mass is 16.5. The van der Waals surface area contributed by atoms with Gasteiger partial charge in [-0.25, -0.2) is 4.98 Å². The smallest absolute Gasteiger partial charge is 0.249 e. The maximum absolute atomic E-state index is 13.4. The molecule has 2 N–H and O–H groups in total. The number of anilines is 3. The Labute approximate surface area is 187 Å². The minimum Gasteiger partial charge on any atom is -0.496 e. The maximum Gasteiger partial charge on any atom is 0.249 e. The fourth-order valence-electron chi connectivity index (χ4n) is 4.44. The molecule has 1 fully saturated rings. The number of aromatic nitrogens is 3. The Morgan fingerprint density at radius 2 is 1.97 bits per heavy atom. The fraction of sp³-hybridized carbons (Fsp3) is 0.500. The second kappa shape index (κ2) is 8.60. The molecule has 10 nitrogen and oxygen atoms in total. The van der Waals surface area contributed by atoms with Crippen LogP contribution in [-0.2, 0) is 16.1 Å². The Morgan fingerprint density at radius 3 is 2.66 bits per heavy atom. The Balaban J connectivity index is 1.66. The summed E-state index contributed by atoms with van der Waals surface area (Å²) in [4.78, 5) is 43.9. The summed E-state index contributed by atoms with van der Waals surface area (Å²) in [6.45, 7) is 7.72. The summed E-state index contributed by atoms with van der Waals surface area (Å²) in [7, 11) is 1.64. The minimum absolute atomic E-state index is 0.0748. The maximum atomic E-state index is 13.4. The molecular formula is C22H29N7O3. The van der Waals surface area contributed by atoms with Crippen molar-refractivity contribution in [1.82, 2.24) is 19.9 Å². The van der Waals surface area contributed by atoms with Crippen LogP contribution < -0.4 is 20.3 Å². The molecule has 2 aromatic rings. The number of fused-ring (bicyclic) bond motifs is 1. The summed E-state index contributed by atoms with van der Waals surface area (Å²) in [5.74, 6) is 1.56. The number of nitrogens with zero attached hydrogens (tertiary/aromatic N) is 6. The molecule has 32 heavy (non-hydrogen) atoms. The van der Waals surface area contributed by atoms with Gasteiger partial charge in [-0.15, -0.1) is 0 Å². The quantitative estimate of drug-likeness (QED) is 0.718. The number of methoxy groups -OCH3 is 1. The number of hydrogen-bond acceptors (Lipinski definition) is 8. The van der Waals surface area contributed by atoms with E-state index >= 15 is 0 Å². The number of carbonyl (C=O) groups excluding carboxylic acids is 2. The van der Waals surface area contributed by atoms with Gasteiger partial charge in [0, 0.05) is 43.4 Å². The average Bonchev–Trinajstić information content (AvgIpc) is 3.18. The Hall–Kier alpha value is -3.43. The molecule has 1 saturated heterocycles. The minimum atomic E-state index is -0.487. The van der Waals surface area contributed by atoms with Crippen molar-refractivity contribution in [2.24, 2.45) is 0 Å². The van der Waals surface area contributed by atoms with Gasteiger partial charge in [-0.05, 0) is 27.2 Å². The van der Waals surface area contributed by atoms with Gasteiger partial charge in [0.15, 0.2) is 5.82 Å². The number of nitrogen functional groups attached to an aromatic ring is 1. The number of aryl methyl sites for hydroxylation is 1. The largest absolute Gasteiger partial charge is 0.496 e. The third kappa shape index (κ3) is 3.80. The zero-order chi connectivity index (χ0) is 23.0. The first kappa shape index (κ1) is 21.8. The van der Waals surface area contributed by atoms with E-state index in [1.807, 2.05) is 25.7 Å². The molecule has 2 amide bonds. The first-order chi connectivity index (χ1) is 15.3. The van der Waals surface area contributed by atoms with Crippen molar-refractivity contribution in [3.8, 4) is 5.75 Å². The fourth-order valence-corrected chi connectivity index (χ4v) is 4.44. The summed E-state index contributed by atoms with van der Waals surface area (Å²) < 4.78 is 5.54. The molecule has 2 aromatic heterocycles. The Morgan fingerprint density at radius 1 is 1.19 bits per heavy atom. The topological polar surface area (TPSA) is 118 Å². The molecule has 4 heterocycles. The van der Waals surface area contributed by atoms with Crippen LogP contribution >= 0.6 is 0 Å². The number of carbonyl (C=O) groups is 2. The lowest BCUT2D eigenvalue weighted by Crippen LogP contribution is -2.54. The molecule has 0 saturated carbocycles. The second-order valence-corrected chi connectivity index (χ2v) is 8.26. The van der Waals surface area contributed by atoms with Crippen LogP contribution in [0.15, 0.2) is 12.4 Å². The van der Waals surface area contributed by atoms with E-state index in [1.54, 1.807) is 29.3 Å². The van der Waals surface area contributed by atoms with E-state index in [1.165, 1.54) is 0 Å². The SMILES string of the molecule is COc1c(C)cnc(CN2c3nc(N)ncc3N(CCN3CCCC3=O)C(=O)[C@H]2C)c1C. The van der Waals surface area contributed by atoms with Crippen molar-refractivity contribution in [3.05, 3.63) is 29.2 Å². The molecular weight excluding hydrogens is 410 g/mol. The second-order valence-electron chi connectivity index (χ2n) is 8.26. The normalized spacial score (nSPS) is 18.4. The molecule has 4 rings (SSSR count). The van der Waals surface area contributed by atoms with Crippen LogP contribution in [0.5, 0.6) is 5.75 Å². The third-order valence-corrected chi connectivity index (χ3v) is 6.26. The van der Waals surface area contributed by atoms with Crippen molar-refractivity contribution in [2.75, 3.05) is 42.3 Å². The van der Waals surface area contributed by atoms with Crippen molar-refractivity contribution in [3.63, 3.8) is 0 Å². The van der Waals surface area contributed by atoms with E-state index in [2.05, 4.69) is 15.0 Å². The number of ether oxygens (including phenoxy) is 1. The highest BCUT2D eigenvalue weighted by Crippen LogP contribution is 2.36. The van der Waals surface area contributed by atoms with Gasteiger partial charge in [0.25, 0.3) is 0 Å². The van der Waals surface area contributed by atoms with Crippen LogP contribution in [0.2, 0.25) is 0 Å². The zero-order valence-corrected chi connectivity index (χ0v) is 19.0. The van der Waals surface area contributed by atoms with Crippen LogP contribution in [-0.4, -0.2) is 64.5 Å². The summed E-state index contributed by atoms with van der Waals surface area (Å²) in [5.41, 5.74) is 9.17. The molecule has 10 heteroatoms. The van der Waals surface area contributed by atoms with Gasteiger partial charge < -0.3 is 25.2 Å². The molecule has 0 aliphatic carbocycles. The molecule has 0 aromatic carbocycles. The van der Waals surface area contributed by atoms with E-state index in [-0.39, 0.29) is 17.8 Å². The predicted octanol–water partition coefficient (Wildman–Crippen LogP) is 1.44. The van der Waals surface area contributed by atoms with Crippen LogP contribution in [0.4, 0.5) is 17.5 Å². The zero-order valence-electron chi connectivity index (χ0n) is 19.0. The van der Waals surface area contributed by atoms with Crippen molar-refractivity contribution in [2.45, 2.75) is 46.2 Å². The Bertz CT molecular complexity index is 1060. The third-order valence-electron chi connectivity index (χ3n) is 6.26. The average molecular weight is 440 g/mol. The summed E-state index contributed by atoms with van der Waals surface area (Å²) in [5, 5.41) is 0. The number of likely N-dealkylation sites (tertiary alicyclic amines) is 1. The van der Waals surface area contributed by atoms with Crippen LogP contribution in [0.25, 0.3) is 0 Å². The van der Waals surface area contributed by atoms with E-state index in [4.69, 9.17) is 10.5 Å². The summed E-state index contributed by atoms with van der Waals surface area (Å²) in [6.07, 6.45) is 4.78. The molecule has 0 spiro atoms. The standard InChI is InChI=1S/C22H29N7O3/c1-13-10-24-16(14(2)19(13)32-4)12-29-15(3)21(31)28(9-8-27-7-5-6-18(27)30)17-11-25-22(23)26-20(17)29/h10-11,15H,5-9,12H2,1-4H3,(H2,23,25,26)/t15-/m1/s1. The van der Waals surface area contributed by atoms with Gasteiger partial charge in [0.05, 0.1) is 25.5 Å². The number of pyridine rings is 1. The highest BCUT2D eigenvalue weighted by molar-refractivity contribution is 6.04. The van der Waals surface area contributed by atoms with Gasteiger partial charge >= 0.3 is 0 Å². The molecule has 2 aliphatic rings. The van der Waals surface area contributed by atoms with Crippen LogP contribution in [0, 0.1) is 13.8 Å². The van der Waals surface area contributed by atoms with Gasteiger partial charge in [-0.1, -0.05) is 0 Å². The van der Waals surface area contributed by atoms with Gasteiger partial charge in [-0.2, -0.15) is 4.98 Å². The van der Waals surface area contributed by atoms with Gasteiger partial charge in [0.2, 0.25) is 17.8 Å². The summed E-state index contributed by atoms with van der Waals surface area (Å²) >= 11 is 0. The van der Waals surface area contributed by atoms with Gasteiger partial charge in [-0.3, -0.25) is 14.6 Å². The first-order valence-electron chi connectivity index (χ1n) is 10.8. The number of amides is 2. The molecule has 170 valence electrons. The lowest BCUT2D eigenvalue weighted by Gasteiger charge is -2.40. The van der Waals surface area contributed by atoms with Crippen LogP contribution in [0.3, 0.4) is 0 Å². The predicted molar refractivity (Wildman–Crippen MR) is 121 cm³/mol. The number of nitrogens with two attached hydrogens (primary N) is 1. The molecule has 0 radical (unpaired) electrons. The van der Waals surface area contributed by atoms with Crippen molar-refractivity contribution < 1.29 is 14.3 Å². The van der Waals surface area contributed by atoms with E-state index in [0.29, 0.717) is 37.6 Å². The molecule has 0 unspecified atom stereocenters. The number of rotatable bonds is 6. The lowest BCUT2D eigenvalue weighted by atomic mass is 10.1. The first-order valence-corrected chi connectivity index (χ1v) is 10.8. The number of hydrogen-bond donors (Lipinski definition) is 1. The summed E-state index contributed by atoms with van der Waals surface area (Å²) in [6, 6.07) is -0.487. The van der Waals surface area contributed by atoms with Gasteiger partial charge in [0.1, 0.15) is 17.5 Å². The van der Waals surface area contributed by atoms with E-state index in [0.717, 1.165) is 35.5 Å². The Kier molecular flexibility index (Phi) is 5.86. The van der Waals surface area contributed by atoms with E-state index in [9.17, 15) is 9.59 Å². The van der Waals surface area contributed by atoms with Crippen molar-refractivity contribution >= 4 is 29.3 Å². The highest BCUT2D eigenvalue weighted by Gasteiger charge is 2.38.